The van der Waals surface area contributed by atoms with Gasteiger partial charge in [0, 0.05) is 19.2 Å². The number of carbonyl (C=O) groups excluding carboxylic acids is 1. The summed E-state index contributed by atoms with van der Waals surface area (Å²) in [4.78, 5) is 12.3. The molecule has 0 bridgehead atoms. The van der Waals surface area contributed by atoms with Gasteiger partial charge in [-0.15, -0.1) is 10.2 Å². The molecule has 3 aromatic heterocycles. The number of nitrogens with one attached hydrogen (secondary N) is 1. The van der Waals surface area contributed by atoms with E-state index >= 15 is 0 Å². The smallest absolute Gasteiger partial charge is 0.286 e. The van der Waals surface area contributed by atoms with Crippen molar-refractivity contribution in [3.05, 3.63) is 78.1 Å². The first-order valence-corrected chi connectivity index (χ1v) is 9.66. The van der Waals surface area contributed by atoms with Crippen molar-refractivity contribution in [3.63, 3.8) is 0 Å². The molecule has 0 aliphatic heterocycles. The molecule has 4 aromatic rings. The maximum Gasteiger partial charge on any atom is 0.286 e. The van der Waals surface area contributed by atoms with Crippen LogP contribution in [0, 0.1) is 0 Å². The van der Waals surface area contributed by atoms with E-state index in [1.54, 1.807) is 19.2 Å². The van der Waals surface area contributed by atoms with Crippen LogP contribution < -0.4 is 14.8 Å². The van der Waals surface area contributed by atoms with E-state index in [4.69, 9.17) is 13.9 Å². The number of nitrogens with zero attached hydrogens (tertiary/aromatic N) is 3. The average molecular weight is 406 g/mol. The van der Waals surface area contributed by atoms with E-state index in [1.165, 1.54) is 0 Å². The lowest BCUT2D eigenvalue weighted by Crippen LogP contribution is -2.24. The van der Waals surface area contributed by atoms with Crippen LogP contribution in [0.5, 0.6) is 11.5 Å². The molecule has 1 N–H and O–H groups in total. The Morgan fingerprint density at radius 1 is 1.07 bits per heavy atom. The predicted octanol–water partition coefficient (Wildman–Crippen LogP) is 3.27. The second-order valence-electron chi connectivity index (χ2n) is 6.61. The first-order valence-electron chi connectivity index (χ1n) is 9.66. The van der Waals surface area contributed by atoms with Crippen molar-refractivity contribution in [2.45, 2.75) is 19.4 Å². The standard InChI is InChI=1S/C22H22N4O4/c1-28-17-7-2-3-8-18(17)29-15-16-11-12-19(30-16)22(27)23-13-6-10-21-25-24-20-9-4-5-14-26(20)21/h2-5,7-9,11-12,14H,6,10,13,15H2,1H3,(H,23,27). The van der Waals surface area contributed by atoms with Gasteiger partial charge in [0.15, 0.2) is 22.9 Å². The van der Waals surface area contributed by atoms with Crippen LogP contribution in [-0.2, 0) is 13.0 Å². The molecule has 30 heavy (non-hydrogen) atoms. The fraction of sp³-hybridized carbons (Fsp3) is 0.227. The van der Waals surface area contributed by atoms with Crippen molar-refractivity contribution in [2.75, 3.05) is 13.7 Å². The molecule has 0 saturated carbocycles. The Hall–Kier alpha value is -3.81. The van der Waals surface area contributed by atoms with Crippen molar-refractivity contribution in [1.29, 1.82) is 0 Å². The fourth-order valence-corrected chi connectivity index (χ4v) is 3.06. The largest absolute Gasteiger partial charge is 0.493 e. The molecule has 0 unspecified atom stereocenters. The topological polar surface area (TPSA) is 90.9 Å². The second kappa shape index (κ2) is 9.13. The van der Waals surface area contributed by atoms with Gasteiger partial charge >= 0.3 is 0 Å². The van der Waals surface area contributed by atoms with Crippen molar-refractivity contribution >= 4 is 11.6 Å². The number of fused-ring (bicyclic) bond motifs is 1. The Morgan fingerprint density at radius 2 is 1.90 bits per heavy atom. The number of para-hydroxylation sites is 2. The number of rotatable bonds is 9. The summed E-state index contributed by atoms with van der Waals surface area (Å²) in [6.07, 6.45) is 3.38. The lowest BCUT2D eigenvalue weighted by molar-refractivity contribution is 0.0921. The van der Waals surface area contributed by atoms with Crippen LogP contribution in [-0.4, -0.2) is 34.2 Å². The number of aryl methyl sites for hydroxylation is 1. The number of carbonyl (C=O) groups is 1. The highest BCUT2D eigenvalue weighted by Gasteiger charge is 2.12. The van der Waals surface area contributed by atoms with Gasteiger partial charge < -0.3 is 19.2 Å². The second-order valence-corrected chi connectivity index (χ2v) is 6.61. The van der Waals surface area contributed by atoms with Crippen molar-refractivity contribution < 1.29 is 18.7 Å². The van der Waals surface area contributed by atoms with Crippen LogP contribution in [0.1, 0.15) is 28.6 Å². The highest BCUT2D eigenvalue weighted by Crippen LogP contribution is 2.26. The number of benzene rings is 1. The molecule has 8 nitrogen and oxygen atoms in total. The average Bonchev–Trinajstić information content (AvgIpc) is 3.43. The predicted molar refractivity (Wildman–Crippen MR) is 110 cm³/mol. The minimum absolute atomic E-state index is 0.202. The van der Waals surface area contributed by atoms with E-state index in [2.05, 4.69) is 15.5 Å². The van der Waals surface area contributed by atoms with Crippen molar-refractivity contribution in [3.8, 4) is 11.5 Å². The van der Waals surface area contributed by atoms with Gasteiger partial charge in [0.25, 0.3) is 5.91 Å². The number of aromatic nitrogens is 3. The van der Waals surface area contributed by atoms with Crippen LogP contribution in [0.25, 0.3) is 5.65 Å². The molecule has 0 aliphatic carbocycles. The minimum atomic E-state index is -0.260. The number of ether oxygens (including phenoxy) is 2. The Bertz CT molecular complexity index is 1130. The molecule has 0 radical (unpaired) electrons. The third kappa shape index (κ3) is 4.43. The van der Waals surface area contributed by atoms with Crippen LogP contribution >= 0.6 is 0 Å². The molecule has 8 heteroatoms. The van der Waals surface area contributed by atoms with Gasteiger partial charge in [0.1, 0.15) is 18.2 Å². The maximum atomic E-state index is 12.3. The van der Waals surface area contributed by atoms with Crippen LogP contribution in [0.2, 0.25) is 0 Å². The zero-order valence-corrected chi connectivity index (χ0v) is 16.6. The Balaban J connectivity index is 1.25. The fourth-order valence-electron chi connectivity index (χ4n) is 3.06. The quantitative estimate of drug-likeness (QED) is 0.429. The summed E-state index contributed by atoms with van der Waals surface area (Å²) in [5, 5.41) is 11.2. The minimum Gasteiger partial charge on any atom is -0.493 e. The maximum absolute atomic E-state index is 12.3. The third-order valence-corrected chi connectivity index (χ3v) is 4.57. The lowest BCUT2D eigenvalue weighted by Gasteiger charge is -2.08. The summed E-state index contributed by atoms with van der Waals surface area (Å²) in [5.41, 5.74) is 0.815. The summed E-state index contributed by atoms with van der Waals surface area (Å²) in [5.74, 6) is 2.67. The van der Waals surface area contributed by atoms with Crippen LogP contribution in [0.4, 0.5) is 0 Å². The number of amides is 1. The normalized spacial score (nSPS) is 10.8. The summed E-state index contributed by atoms with van der Waals surface area (Å²) < 4.78 is 18.5. The van der Waals surface area contributed by atoms with Crippen molar-refractivity contribution in [2.24, 2.45) is 0 Å². The molecule has 0 aliphatic rings. The molecular formula is C22H22N4O4. The van der Waals surface area contributed by atoms with Gasteiger partial charge in [0.2, 0.25) is 0 Å². The molecule has 0 fully saturated rings. The first-order chi connectivity index (χ1) is 14.7. The SMILES string of the molecule is COc1ccccc1OCc1ccc(C(=O)NCCCc2nnc3ccccn23)o1. The summed E-state index contributed by atoms with van der Waals surface area (Å²) in [7, 11) is 1.59. The molecule has 0 saturated heterocycles. The number of hydrogen-bond donors (Lipinski definition) is 1. The van der Waals surface area contributed by atoms with E-state index in [9.17, 15) is 4.79 Å². The third-order valence-electron chi connectivity index (χ3n) is 4.57. The van der Waals surface area contributed by atoms with Gasteiger partial charge in [-0.05, 0) is 42.8 Å². The van der Waals surface area contributed by atoms with Crippen LogP contribution in [0.3, 0.4) is 0 Å². The summed E-state index contributed by atoms with van der Waals surface area (Å²) >= 11 is 0. The highest BCUT2D eigenvalue weighted by atomic mass is 16.5. The summed E-state index contributed by atoms with van der Waals surface area (Å²) in [6.45, 7) is 0.710. The molecule has 3 heterocycles. The zero-order valence-electron chi connectivity index (χ0n) is 16.6. The van der Waals surface area contributed by atoms with Gasteiger partial charge in [-0.2, -0.15) is 0 Å². The van der Waals surface area contributed by atoms with E-state index in [0.29, 0.717) is 30.2 Å². The van der Waals surface area contributed by atoms with Gasteiger partial charge in [-0.3, -0.25) is 9.20 Å². The number of pyridine rings is 1. The summed E-state index contributed by atoms with van der Waals surface area (Å²) in [6, 6.07) is 16.5. The Kier molecular flexibility index (Phi) is 5.93. The van der Waals surface area contributed by atoms with E-state index in [-0.39, 0.29) is 18.3 Å². The van der Waals surface area contributed by atoms with E-state index in [1.807, 2.05) is 53.1 Å². The highest BCUT2D eigenvalue weighted by molar-refractivity contribution is 5.91. The molecular weight excluding hydrogens is 384 g/mol. The molecule has 4 rings (SSSR count). The van der Waals surface area contributed by atoms with Gasteiger partial charge in [0.05, 0.1) is 7.11 Å². The van der Waals surface area contributed by atoms with Gasteiger partial charge in [-0.25, -0.2) is 0 Å². The monoisotopic (exact) mass is 406 g/mol. The van der Waals surface area contributed by atoms with Crippen molar-refractivity contribution in [1.82, 2.24) is 19.9 Å². The molecule has 1 amide bonds. The van der Waals surface area contributed by atoms with Crippen LogP contribution in [0.15, 0.2) is 65.2 Å². The molecule has 0 atom stereocenters. The Morgan fingerprint density at radius 3 is 2.77 bits per heavy atom. The van der Waals surface area contributed by atoms with E-state index in [0.717, 1.165) is 17.9 Å². The first kappa shape index (κ1) is 19.5. The zero-order chi connectivity index (χ0) is 20.8. The molecule has 0 spiro atoms. The molecule has 1 aromatic carbocycles. The number of methoxy groups -OCH3 is 1. The number of hydrogen-bond acceptors (Lipinski definition) is 6. The lowest BCUT2D eigenvalue weighted by atomic mass is 10.3. The Labute approximate surface area is 173 Å². The molecule has 154 valence electrons. The van der Waals surface area contributed by atoms with Gasteiger partial charge in [-0.1, -0.05) is 18.2 Å². The van der Waals surface area contributed by atoms with E-state index < -0.39 is 0 Å². The number of furan rings is 1.